The summed E-state index contributed by atoms with van der Waals surface area (Å²) >= 11 is 0. The standard InChI is InChI=1S/C21H19NO5S/c1-15(23)16-8-11-20(12-9-16)28(25,26)22(2)14-21(24)27-19-10-7-17-5-3-4-6-18(17)13-19/h3-13H,14H2,1-2H3. The van der Waals surface area contributed by atoms with Gasteiger partial charge in [0.05, 0.1) is 4.90 Å². The Morgan fingerprint density at radius 1 is 0.929 bits per heavy atom. The molecule has 0 amide bonds. The first-order chi connectivity index (χ1) is 13.3. The lowest BCUT2D eigenvalue weighted by Crippen LogP contribution is -2.34. The first-order valence-electron chi connectivity index (χ1n) is 8.54. The molecule has 0 aliphatic rings. The molecule has 0 fully saturated rings. The molecule has 144 valence electrons. The lowest BCUT2D eigenvalue weighted by Gasteiger charge is -2.16. The van der Waals surface area contributed by atoms with Crippen molar-refractivity contribution in [3.63, 3.8) is 0 Å². The number of Topliss-reactive ketones (excluding diaryl/α,β-unsaturated/α-hetero) is 1. The molecule has 6 nitrogen and oxygen atoms in total. The fourth-order valence-corrected chi connectivity index (χ4v) is 3.82. The van der Waals surface area contributed by atoms with Crippen LogP contribution in [-0.2, 0) is 14.8 Å². The fourth-order valence-electron chi connectivity index (χ4n) is 2.70. The molecule has 3 rings (SSSR count). The van der Waals surface area contributed by atoms with Gasteiger partial charge in [0, 0.05) is 12.6 Å². The maximum atomic E-state index is 12.6. The van der Waals surface area contributed by atoms with E-state index in [-0.39, 0.29) is 10.7 Å². The zero-order valence-corrected chi connectivity index (χ0v) is 16.3. The topological polar surface area (TPSA) is 80.8 Å². The van der Waals surface area contributed by atoms with Crippen LogP contribution in [0.25, 0.3) is 10.8 Å². The molecule has 3 aromatic rings. The van der Waals surface area contributed by atoms with Gasteiger partial charge in [-0.05, 0) is 42.0 Å². The van der Waals surface area contributed by atoms with Gasteiger partial charge in [-0.2, -0.15) is 4.31 Å². The van der Waals surface area contributed by atoms with Crippen molar-refractivity contribution >= 4 is 32.5 Å². The SMILES string of the molecule is CC(=O)c1ccc(S(=O)(=O)N(C)CC(=O)Oc2ccc3ccccc3c2)cc1. The number of rotatable bonds is 6. The van der Waals surface area contributed by atoms with E-state index in [0.717, 1.165) is 15.1 Å². The summed E-state index contributed by atoms with van der Waals surface area (Å²) in [6.45, 7) is 0.960. The quantitative estimate of drug-likeness (QED) is 0.362. The number of hydrogen-bond donors (Lipinski definition) is 0. The first-order valence-corrected chi connectivity index (χ1v) is 9.98. The largest absolute Gasteiger partial charge is 0.426 e. The third-order valence-electron chi connectivity index (χ3n) is 4.27. The number of ether oxygens (including phenoxy) is 1. The second-order valence-electron chi connectivity index (χ2n) is 6.32. The summed E-state index contributed by atoms with van der Waals surface area (Å²) in [4.78, 5) is 23.5. The van der Waals surface area contributed by atoms with Crippen molar-refractivity contribution in [1.82, 2.24) is 4.31 Å². The van der Waals surface area contributed by atoms with E-state index >= 15 is 0 Å². The van der Waals surface area contributed by atoms with Gasteiger partial charge in [0.25, 0.3) is 0 Å². The van der Waals surface area contributed by atoms with Crippen LogP contribution in [0.4, 0.5) is 0 Å². The van der Waals surface area contributed by atoms with Crippen LogP contribution in [0.5, 0.6) is 5.75 Å². The highest BCUT2D eigenvalue weighted by Gasteiger charge is 2.24. The zero-order valence-electron chi connectivity index (χ0n) is 15.5. The van der Waals surface area contributed by atoms with Crippen molar-refractivity contribution in [3.8, 4) is 5.75 Å². The summed E-state index contributed by atoms with van der Waals surface area (Å²) in [7, 11) is -2.58. The van der Waals surface area contributed by atoms with Crippen molar-refractivity contribution in [2.45, 2.75) is 11.8 Å². The third-order valence-corrected chi connectivity index (χ3v) is 6.09. The predicted octanol–water partition coefficient (Wildman–Crippen LogP) is 3.27. The van der Waals surface area contributed by atoms with Crippen molar-refractivity contribution < 1.29 is 22.7 Å². The second-order valence-corrected chi connectivity index (χ2v) is 8.37. The third kappa shape index (κ3) is 4.27. The van der Waals surface area contributed by atoms with E-state index in [9.17, 15) is 18.0 Å². The maximum Gasteiger partial charge on any atom is 0.326 e. The van der Waals surface area contributed by atoms with Gasteiger partial charge in [0.1, 0.15) is 12.3 Å². The number of carbonyl (C=O) groups is 2. The molecule has 0 aromatic heterocycles. The van der Waals surface area contributed by atoms with Gasteiger partial charge < -0.3 is 4.74 Å². The zero-order chi connectivity index (χ0) is 20.3. The monoisotopic (exact) mass is 397 g/mol. The molecule has 0 spiro atoms. The Morgan fingerprint density at radius 2 is 1.57 bits per heavy atom. The number of esters is 1. The van der Waals surface area contributed by atoms with Crippen LogP contribution in [0, 0.1) is 0 Å². The Bertz CT molecular complexity index is 1140. The summed E-state index contributed by atoms with van der Waals surface area (Å²) in [6.07, 6.45) is 0. The van der Waals surface area contributed by atoms with Crippen LogP contribution >= 0.6 is 0 Å². The van der Waals surface area contributed by atoms with Crippen molar-refractivity contribution in [3.05, 3.63) is 72.3 Å². The summed E-state index contributed by atoms with van der Waals surface area (Å²) in [6, 6.07) is 18.4. The van der Waals surface area contributed by atoms with Gasteiger partial charge in [-0.1, -0.05) is 42.5 Å². The molecule has 0 heterocycles. The highest BCUT2D eigenvalue weighted by molar-refractivity contribution is 7.89. The van der Waals surface area contributed by atoms with Crippen molar-refractivity contribution in [2.75, 3.05) is 13.6 Å². The molecule has 0 bridgehead atoms. The fraction of sp³-hybridized carbons (Fsp3) is 0.143. The first kappa shape index (κ1) is 19.7. The van der Waals surface area contributed by atoms with Crippen LogP contribution < -0.4 is 4.74 Å². The number of nitrogens with zero attached hydrogens (tertiary/aromatic N) is 1. The van der Waals surface area contributed by atoms with E-state index < -0.39 is 22.5 Å². The smallest absolute Gasteiger partial charge is 0.326 e. The average molecular weight is 397 g/mol. The number of carbonyl (C=O) groups excluding carboxylic acids is 2. The molecule has 0 saturated carbocycles. The number of sulfonamides is 1. The Hall–Kier alpha value is -3.03. The molecule has 0 unspecified atom stereocenters. The molecular weight excluding hydrogens is 378 g/mol. The molecule has 7 heteroatoms. The minimum atomic E-state index is -3.88. The van der Waals surface area contributed by atoms with E-state index in [1.807, 2.05) is 30.3 Å². The van der Waals surface area contributed by atoms with Crippen LogP contribution in [0.1, 0.15) is 17.3 Å². The molecule has 28 heavy (non-hydrogen) atoms. The number of fused-ring (bicyclic) bond motifs is 1. The molecule has 0 aliphatic carbocycles. The average Bonchev–Trinajstić information content (AvgIpc) is 2.67. The predicted molar refractivity (Wildman–Crippen MR) is 106 cm³/mol. The summed E-state index contributed by atoms with van der Waals surface area (Å²) < 4.78 is 31.4. The minimum Gasteiger partial charge on any atom is -0.426 e. The Morgan fingerprint density at radius 3 is 2.21 bits per heavy atom. The van der Waals surface area contributed by atoms with Gasteiger partial charge >= 0.3 is 5.97 Å². The molecule has 0 saturated heterocycles. The number of ketones is 1. The normalized spacial score (nSPS) is 11.5. The van der Waals surface area contributed by atoms with E-state index in [1.54, 1.807) is 12.1 Å². The lowest BCUT2D eigenvalue weighted by molar-refractivity contribution is -0.134. The number of likely N-dealkylation sites (N-methyl/N-ethyl adjacent to an activating group) is 1. The van der Waals surface area contributed by atoms with Gasteiger partial charge in [0.15, 0.2) is 5.78 Å². The lowest BCUT2D eigenvalue weighted by atomic mass is 10.1. The molecule has 3 aromatic carbocycles. The van der Waals surface area contributed by atoms with Crippen LogP contribution in [0.2, 0.25) is 0 Å². The van der Waals surface area contributed by atoms with Crippen molar-refractivity contribution in [1.29, 1.82) is 0 Å². The second kappa shape index (κ2) is 7.92. The number of hydrogen-bond acceptors (Lipinski definition) is 5. The van der Waals surface area contributed by atoms with Gasteiger partial charge in [-0.3, -0.25) is 9.59 Å². The Labute approximate surface area is 163 Å². The highest BCUT2D eigenvalue weighted by atomic mass is 32.2. The highest BCUT2D eigenvalue weighted by Crippen LogP contribution is 2.21. The summed E-state index contributed by atoms with van der Waals surface area (Å²) in [5.74, 6) is -0.502. The van der Waals surface area contributed by atoms with E-state index in [2.05, 4.69) is 0 Å². The Balaban J connectivity index is 1.70. The minimum absolute atomic E-state index is 0.00138. The van der Waals surface area contributed by atoms with Crippen LogP contribution in [0.3, 0.4) is 0 Å². The van der Waals surface area contributed by atoms with Crippen LogP contribution in [0.15, 0.2) is 71.6 Å². The molecular formula is C21H19NO5S. The van der Waals surface area contributed by atoms with Crippen LogP contribution in [-0.4, -0.2) is 38.1 Å². The Kier molecular flexibility index (Phi) is 5.58. The summed E-state index contributed by atoms with van der Waals surface area (Å²) in [5, 5.41) is 1.93. The van der Waals surface area contributed by atoms with E-state index in [1.165, 1.54) is 38.2 Å². The van der Waals surface area contributed by atoms with Crippen molar-refractivity contribution in [2.24, 2.45) is 0 Å². The molecule has 0 radical (unpaired) electrons. The molecule has 0 atom stereocenters. The van der Waals surface area contributed by atoms with Gasteiger partial charge in [0.2, 0.25) is 10.0 Å². The number of benzene rings is 3. The van der Waals surface area contributed by atoms with E-state index in [0.29, 0.717) is 11.3 Å². The molecule has 0 N–H and O–H groups in total. The summed E-state index contributed by atoms with van der Waals surface area (Å²) in [5.41, 5.74) is 0.414. The molecule has 0 aliphatic heterocycles. The van der Waals surface area contributed by atoms with Gasteiger partial charge in [-0.25, -0.2) is 8.42 Å². The van der Waals surface area contributed by atoms with E-state index in [4.69, 9.17) is 4.74 Å². The van der Waals surface area contributed by atoms with Gasteiger partial charge in [-0.15, -0.1) is 0 Å². The maximum absolute atomic E-state index is 12.6.